The predicted molar refractivity (Wildman–Crippen MR) is 83.7 cm³/mol. The zero-order chi connectivity index (χ0) is 14.1. The number of hydrogen-bond acceptors (Lipinski definition) is 1. The van der Waals surface area contributed by atoms with Crippen molar-refractivity contribution in [1.29, 1.82) is 0 Å². The van der Waals surface area contributed by atoms with Gasteiger partial charge in [0.25, 0.3) is 0 Å². The molecule has 0 saturated heterocycles. The van der Waals surface area contributed by atoms with Crippen LogP contribution in [0.1, 0.15) is 64.5 Å². The molecule has 0 unspecified atom stereocenters. The molecule has 108 valence electrons. The van der Waals surface area contributed by atoms with Gasteiger partial charge >= 0.3 is 0 Å². The molecule has 0 amide bonds. The Balaban J connectivity index is 2.07. The van der Waals surface area contributed by atoms with E-state index in [4.69, 9.17) is 4.74 Å². The molecule has 0 aliphatic carbocycles. The number of ether oxygens (including phenoxy) is 1. The Morgan fingerprint density at radius 1 is 0.947 bits per heavy atom. The molecule has 0 heterocycles. The highest BCUT2D eigenvalue weighted by atomic mass is 16.5. The Hall–Kier alpha value is -0.820. The van der Waals surface area contributed by atoms with Gasteiger partial charge in [0, 0.05) is 6.61 Å². The van der Waals surface area contributed by atoms with Crippen molar-refractivity contribution in [2.24, 2.45) is 0 Å². The average molecular weight is 262 g/mol. The van der Waals surface area contributed by atoms with Crippen molar-refractivity contribution in [2.45, 2.75) is 71.8 Å². The molecule has 0 aromatic heterocycles. The van der Waals surface area contributed by atoms with Crippen LogP contribution < -0.4 is 0 Å². The first kappa shape index (κ1) is 16.2. The van der Waals surface area contributed by atoms with E-state index in [0.717, 1.165) is 13.0 Å². The third-order valence-electron chi connectivity index (χ3n) is 3.29. The van der Waals surface area contributed by atoms with E-state index in [1.165, 1.54) is 43.2 Å². The monoisotopic (exact) mass is 262 g/mol. The van der Waals surface area contributed by atoms with Crippen molar-refractivity contribution in [3.8, 4) is 0 Å². The van der Waals surface area contributed by atoms with Crippen molar-refractivity contribution in [3.05, 3.63) is 35.4 Å². The first-order valence-corrected chi connectivity index (χ1v) is 7.73. The van der Waals surface area contributed by atoms with E-state index in [-0.39, 0.29) is 5.60 Å². The molecule has 0 bridgehead atoms. The minimum absolute atomic E-state index is 0.0145. The molecule has 0 spiro atoms. The summed E-state index contributed by atoms with van der Waals surface area (Å²) in [5, 5.41) is 0. The smallest absolute Gasteiger partial charge is 0.0598 e. The molecular weight excluding hydrogens is 232 g/mol. The molecule has 0 fully saturated rings. The molecule has 0 radical (unpaired) electrons. The van der Waals surface area contributed by atoms with Gasteiger partial charge in [-0.15, -0.1) is 0 Å². The van der Waals surface area contributed by atoms with E-state index in [1.807, 2.05) is 0 Å². The summed E-state index contributed by atoms with van der Waals surface area (Å²) < 4.78 is 5.72. The molecule has 0 N–H and O–H groups in total. The van der Waals surface area contributed by atoms with Crippen molar-refractivity contribution in [2.75, 3.05) is 6.61 Å². The molecule has 1 aromatic rings. The Labute approximate surface area is 119 Å². The molecule has 0 aliphatic heterocycles. The third kappa shape index (κ3) is 8.05. The molecule has 19 heavy (non-hydrogen) atoms. The fourth-order valence-corrected chi connectivity index (χ4v) is 2.17. The summed E-state index contributed by atoms with van der Waals surface area (Å²) >= 11 is 0. The van der Waals surface area contributed by atoms with Gasteiger partial charge in [-0.3, -0.25) is 0 Å². The van der Waals surface area contributed by atoms with E-state index in [1.54, 1.807) is 0 Å². The molecule has 0 atom stereocenters. The lowest BCUT2D eigenvalue weighted by molar-refractivity contribution is -0.00473. The van der Waals surface area contributed by atoms with Crippen molar-refractivity contribution >= 4 is 0 Å². The predicted octanol–water partition coefficient (Wildman–Crippen LogP) is 5.17. The maximum absolute atomic E-state index is 5.72. The standard InChI is InChI=1S/C18H30O/c1-5-16-12-10-13-17(15-16)11-8-6-7-9-14-19-18(2,3)4/h10,12-13,15H,5-9,11,14H2,1-4H3. The maximum Gasteiger partial charge on any atom is 0.0598 e. The van der Waals surface area contributed by atoms with Gasteiger partial charge in [0.15, 0.2) is 0 Å². The second-order valence-electron chi connectivity index (χ2n) is 6.30. The summed E-state index contributed by atoms with van der Waals surface area (Å²) in [6.45, 7) is 9.47. The number of benzene rings is 1. The van der Waals surface area contributed by atoms with Gasteiger partial charge < -0.3 is 4.74 Å². The normalized spacial score (nSPS) is 11.8. The van der Waals surface area contributed by atoms with Crippen LogP contribution in [0.3, 0.4) is 0 Å². The number of hydrogen-bond donors (Lipinski definition) is 0. The van der Waals surface area contributed by atoms with Crippen LogP contribution in [0.4, 0.5) is 0 Å². The minimum atomic E-state index is 0.0145. The maximum atomic E-state index is 5.72. The fourth-order valence-electron chi connectivity index (χ4n) is 2.17. The van der Waals surface area contributed by atoms with Gasteiger partial charge in [-0.2, -0.15) is 0 Å². The largest absolute Gasteiger partial charge is 0.376 e. The van der Waals surface area contributed by atoms with Crippen LogP contribution in [0.2, 0.25) is 0 Å². The summed E-state index contributed by atoms with van der Waals surface area (Å²) in [6, 6.07) is 9.00. The summed E-state index contributed by atoms with van der Waals surface area (Å²) in [6.07, 6.45) is 7.42. The topological polar surface area (TPSA) is 9.23 Å². The Kier molecular flexibility index (Phi) is 7.15. The Bertz CT molecular complexity index is 349. The van der Waals surface area contributed by atoms with E-state index in [2.05, 4.69) is 52.0 Å². The fraction of sp³-hybridized carbons (Fsp3) is 0.667. The second-order valence-corrected chi connectivity index (χ2v) is 6.30. The zero-order valence-electron chi connectivity index (χ0n) is 13.2. The van der Waals surface area contributed by atoms with E-state index in [0.29, 0.717) is 0 Å². The first-order valence-electron chi connectivity index (χ1n) is 7.73. The molecule has 1 aromatic carbocycles. The highest BCUT2D eigenvalue weighted by Gasteiger charge is 2.08. The molecule has 1 rings (SSSR count). The van der Waals surface area contributed by atoms with Crippen molar-refractivity contribution in [1.82, 2.24) is 0 Å². The van der Waals surface area contributed by atoms with Crippen LogP contribution in [0.5, 0.6) is 0 Å². The second kappa shape index (κ2) is 8.37. The van der Waals surface area contributed by atoms with Gasteiger partial charge in [0.1, 0.15) is 0 Å². The summed E-state index contributed by atoms with van der Waals surface area (Å²) in [5.41, 5.74) is 2.96. The highest BCUT2D eigenvalue weighted by molar-refractivity contribution is 5.23. The van der Waals surface area contributed by atoms with Crippen molar-refractivity contribution in [3.63, 3.8) is 0 Å². The summed E-state index contributed by atoms with van der Waals surface area (Å²) in [7, 11) is 0. The van der Waals surface area contributed by atoms with Gasteiger partial charge in [-0.05, 0) is 57.6 Å². The van der Waals surface area contributed by atoms with Gasteiger partial charge in [-0.1, -0.05) is 44.0 Å². The van der Waals surface area contributed by atoms with Crippen LogP contribution in [-0.4, -0.2) is 12.2 Å². The summed E-state index contributed by atoms with van der Waals surface area (Å²) in [5.74, 6) is 0. The number of unbranched alkanes of at least 4 members (excludes halogenated alkanes) is 3. The zero-order valence-corrected chi connectivity index (χ0v) is 13.2. The number of aryl methyl sites for hydroxylation is 2. The van der Waals surface area contributed by atoms with Crippen LogP contribution in [0.15, 0.2) is 24.3 Å². The first-order chi connectivity index (χ1) is 9.01. The van der Waals surface area contributed by atoms with Crippen LogP contribution >= 0.6 is 0 Å². The molecular formula is C18H30O. The lowest BCUT2D eigenvalue weighted by Gasteiger charge is -2.19. The SMILES string of the molecule is CCc1cccc(CCCCCCOC(C)(C)C)c1. The molecule has 1 nitrogen and oxygen atoms in total. The molecule has 0 aliphatic rings. The Morgan fingerprint density at radius 3 is 2.32 bits per heavy atom. The third-order valence-corrected chi connectivity index (χ3v) is 3.29. The highest BCUT2D eigenvalue weighted by Crippen LogP contribution is 2.12. The summed E-state index contributed by atoms with van der Waals surface area (Å²) in [4.78, 5) is 0. The number of rotatable bonds is 8. The van der Waals surface area contributed by atoms with Crippen LogP contribution in [0.25, 0.3) is 0 Å². The Morgan fingerprint density at radius 2 is 1.63 bits per heavy atom. The molecule has 1 heteroatoms. The van der Waals surface area contributed by atoms with Crippen LogP contribution in [0, 0.1) is 0 Å². The van der Waals surface area contributed by atoms with E-state index in [9.17, 15) is 0 Å². The van der Waals surface area contributed by atoms with Crippen molar-refractivity contribution < 1.29 is 4.74 Å². The van der Waals surface area contributed by atoms with Crippen LogP contribution in [-0.2, 0) is 17.6 Å². The lowest BCUT2D eigenvalue weighted by atomic mass is 10.0. The lowest BCUT2D eigenvalue weighted by Crippen LogP contribution is -2.19. The minimum Gasteiger partial charge on any atom is -0.376 e. The van der Waals surface area contributed by atoms with E-state index < -0.39 is 0 Å². The van der Waals surface area contributed by atoms with E-state index >= 15 is 0 Å². The molecule has 0 saturated carbocycles. The van der Waals surface area contributed by atoms with Gasteiger partial charge in [-0.25, -0.2) is 0 Å². The van der Waals surface area contributed by atoms with Gasteiger partial charge in [0.05, 0.1) is 5.60 Å². The average Bonchev–Trinajstić information content (AvgIpc) is 2.36. The van der Waals surface area contributed by atoms with Gasteiger partial charge in [0.2, 0.25) is 0 Å². The quantitative estimate of drug-likeness (QED) is 0.587.